The first kappa shape index (κ1) is 20.0. The summed E-state index contributed by atoms with van der Waals surface area (Å²) >= 11 is 5.87. The van der Waals surface area contributed by atoms with Crippen molar-refractivity contribution in [2.24, 2.45) is 0 Å². The quantitative estimate of drug-likeness (QED) is 0.607. The van der Waals surface area contributed by atoms with Gasteiger partial charge in [-0.25, -0.2) is 4.39 Å². The van der Waals surface area contributed by atoms with Gasteiger partial charge < -0.3 is 10.2 Å². The van der Waals surface area contributed by atoms with Crippen LogP contribution < -0.4 is 10.2 Å². The molecule has 1 heterocycles. The summed E-state index contributed by atoms with van der Waals surface area (Å²) in [5.74, 6) is -0.779. The number of nitrogens with one attached hydrogen (secondary N) is 1. The lowest BCUT2D eigenvalue weighted by molar-refractivity contribution is -0.384. The van der Waals surface area contributed by atoms with Crippen LogP contribution >= 0.6 is 11.6 Å². The van der Waals surface area contributed by atoms with Crippen molar-refractivity contribution in [3.63, 3.8) is 0 Å². The van der Waals surface area contributed by atoms with Crippen LogP contribution in [0.4, 0.5) is 21.5 Å². The molecule has 1 saturated heterocycles. The van der Waals surface area contributed by atoms with Crippen LogP contribution in [0.5, 0.6) is 0 Å². The number of hydrogen-bond acceptors (Lipinski definition) is 5. The monoisotopic (exact) mass is 406 g/mol. The SMILES string of the molecule is C[C@@H](C(=O)Nc1ccccc1F)N1CCN(c2ccc(Cl)cc2[N+](=O)[O-])CC1. The number of benzene rings is 2. The van der Waals surface area contributed by atoms with Gasteiger partial charge in [0.15, 0.2) is 0 Å². The molecule has 148 valence electrons. The third-order valence-corrected chi connectivity index (χ3v) is 5.08. The van der Waals surface area contributed by atoms with E-state index in [1.54, 1.807) is 31.2 Å². The van der Waals surface area contributed by atoms with Gasteiger partial charge in [-0.15, -0.1) is 0 Å². The highest BCUT2D eigenvalue weighted by atomic mass is 35.5. The summed E-state index contributed by atoms with van der Waals surface area (Å²) in [7, 11) is 0. The highest BCUT2D eigenvalue weighted by Crippen LogP contribution is 2.31. The molecular weight excluding hydrogens is 387 g/mol. The molecule has 1 aliphatic rings. The number of hydrogen-bond donors (Lipinski definition) is 1. The smallest absolute Gasteiger partial charge is 0.294 e. The Kier molecular flexibility index (Phi) is 6.11. The molecule has 7 nitrogen and oxygen atoms in total. The van der Waals surface area contributed by atoms with Crippen molar-refractivity contribution in [1.29, 1.82) is 0 Å². The second-order valence-electron chi connectivity index (χ2n) is 6.56. The molecule has 2 aromatic carbocycles. The minimum Gasteiger partial charge on any atom is -0.363 e. The fraction of sp³-hybridized carbons (Fsp3) is 0.316. The maximum atomic E-state index is 13.7. The Hall–Kier alpha value is -2.71. The van der Waals surface area contributed by atoms with Crippen molar-refractivity contribution in [2.75, 3.05) is 36.4 Å². The van der Waals surface area contributed by atoms with Gasteiger partial charge >= 0.3 is 0 Å². The summed E-state index contributed by atoms with van der Waals surface area (Å²) in [4.78, 5) is 27.2. The Morgan fingerprint density at radius 3 is 2.54 bits per heavy atom. The molecule has 3 rings (SSSR count). The van der Waals surface area contributed by atoms with Gasteiger partial charge in [-0.05, 0) is 31.2 Å². The zero-order valence-electron chi connectivity index (χ0n) is 15.3. The van der Waals surface area contributed by atoms with E-state index in [1.807, 2.05) is 9.80 Å². The van der Waals surface area contributed by atoms with Gasteiger partial charge in [-0.3, -0.25) is 19.8 Å². The van der Waals surface area contributed by atoms with E-state index in [4.69, 9.17) is 11.6 Å². The summed E-state index contributed by atoms with van der Waals surface area (Å²) in [6.45, 7) is 3.91. The minimum absolute atomic E-state index is 0.0358. The molecule has 1 amide bonds. The van der Waals surface area contributed by atoms with Crippen molar-refractivity contribution in [3.05, 3.63) is 63.4 Å². The van der Waals surface area contributed by atoms with Crippen LogP contribution in [0.15, 0.2) is 42.5 Å². The van der Waals surface area contributed by atoms with Crippen LogP contribution in [0.1, 0.15) is 6.92 Å². The van der Waals surface area contributed by atoms with Crippen molar-refractivity contribution >= 4 is 34.6 Å². The molecule has 0 radical (unpaired) electrons. The number of carbonyl (C=O) groups excluding carboxylic acids is 1. The molecule has 0 saturated carbocycles. The molecule has 0 unspecified atom stereocenters. The molecule has 1 aliphatic heterocycles. The average Bonchev–Trinajstić information content (AvgIpc) is 2.69. The summed E-state index contributed by atoms with van der Waals surface area (Å²) in [5, 5.41) is 14.2. The Morgan fingerprint density at radius 2 is 1.89 bits per heavy atom. The Bertz CT molecular complexity index is 887. The highest BCUT2D eigenvalue weighted by Gasteiger charge is 2.28. The molecule has 2 aromatic rings. The number of nitrogens with zero attached hydrogens (tertiary/aromatic N) is 3. The number of nitro benzene ring substituents is 1. The topological polar surface area (TPSA) is 78.7 Å². The molecule has 0 aliphatic carbocycles. The second kappa shape index (κ2) is 8.53. The molecule has 9 heteroatoms. The number of para-hydroxylation sites is 1. The molecule has 0 spiro atoms. The second-order valence-corrected chi connectivity index (χ2v) is 6.99. The predicted octanol–water partition coefficient (Wildman–Crippen LogP) is 3.54. The number of halogens is 2. The van der Waals surface area contributed by atoms with E-state index >= 15 is 0 Å². The van der Waals surface area contributed by atoms with Gasteiger partial charge in [0.2, 0.25) is 5.91 Å². The van der Waals surface area contributed by atoms with E-state index in [2.05, 4.69) is 5.32 Å². The summed E-state index contributed by atoms with van der Waals surface area (Å²) in [5.41, 5.74) is 0.624. The number of rotatable bonds is 5. The predicted molar refractivity (Wildman–Crippen MR) is 106 cm³/mol. The zero-order chi connectivity index (χ0) is 20.3. The lowest BCUT2D eigenvalue weighted by Gasteiger charge is -2.38. The van der Waals surface area contributed by atoms with Crippen LogP contribution in [-0.4, -0.2) is 48.0 Å². The van der Waals surface area contributed by atoms with Crippen molar-refractivity contribution in [3.8, 4) is 0 Å². The van der Waals surface area contributed by atoms with Crippen LogP contribution in [-0.2, 0) is 4.79 Å². The molecule has 28 heavy (non-hydrogen) atoms. The zero-order valence-corrected chi connectivity index (χ0v) is 16.0. The van der Waals surface area contributed by atoms with Crippen LogP contribution in [0.25, 0.3) is 0 Å². The van der Waals surface area contributed by atoms with Crippen molar-refractivity contribution in [2.45, 2.75) is 13.0 Å². The molecular formula is C19H20ClFN4O3. The maximum Gasteiger partial charge on any atom is 0.294 e. The summed E-state index contributed by atoms with van der Waals surface area (Å²) in [6.07, 6.45) is 0. The molecule has 1 fully saturated rings. The lowest BCUT2D eigenvalue weighted by atomic mass is 10.1. The van der Waals surface area contributed by atoms with Crippen molar-refractivity contribution in [1.82, 2.24) is 4.90 Å². The van der Waals surface area contributed by atoms with Gasteiger partial charge in [-0.2, -0.15) is 0 Å². The number of carbonyl (C=O) groups is 1. The number of nitro groups is 1. The first-order valence-electron chi connectivity index (χ1n) is 8.85. The molecule has 0 aromatic heterocycles. The van der Waals surface area contributed by atoms with E-state index < -0.39 is 16.8 Å². The standard InChI is InChI=1S/C19H20ClFN4O3/c1-13(19(26)22-16-5-3-2-4-15(16)21)23-8-10-24(11-9-23)17-7-6-14(20)12-18(17)25(27)28/h2-7,12-13H,8-11H2,1H3,(H,22,26)/t13-/m0/s1. The summed E-state index contributed by atoms with van der Waals surface area (Å²) < 4.78 is 13.7. The third-order valence-electron chi connectivity index (χ3n) is 4.85. The first-order chi connectivity index (χ1) is 13.4. The van der Waals surface area contributed by atoms with E-state index in [-0.39, 0.29) is 17.3 Å². The number of anilines is 2. The van der Waals surface area contributed by atoms with Crippen LogP contribution in [0, 0.1) is 15.9 Å². The van der Waals surface area contributed by atoms with E-state index in [0.29, 0.717) is 36.9 Å². The fourth-order valence-corrected chi connectivity index (χ4v) is 3.39. The molecule has 1 atom stereocenters. The first-order valence-corrected chi connectivity index (χ1v) is 9.23. The number of piperazine rings is 1. The summed E-state index contributed by atoms with van der Waals surface area (Å²) in [6, 6.07) is 10.2. The van der Waals surface area contributed by atoms with Gasteiger partial charge in [0.05, 0.1) is 16.7 Å². The largest absolute Gasteiger partial charge is 0.363 e. The molecule has 0 bridgehead atoms. The minimum atomic E-state index is -0.483. The number of amides is 1. The van der Waals surface area contributed by atoms with Crippen LogP contribution in [0.3, 0.4) is 0 Å². The van der Waals surface area contributed by atoms with Crippen molar-refractivity contribution < 1.29 is 14.1 Å². The van der Waals surface area contributed by atoms with E-state index in [9.17, 15) is 19.3 Å². The highest BCUT2D eigenvalue weighted by molar-refractivity contribution is 6.30. The third kappa shape index (κ3) is 4.40. The van der Waals surface area contributed by atoms with Gasteiger partial charge in [-0.1, -0.05) is 23.7 Å². The van der Waals surface area contributed by atoms with Gasteiger partial charge in [0.1, 0.15) is 11.5 Å². The normalized spacial score (nSPS) is 15.9. The van der Waals surface area contributed by atoms with Crippen LogP contribution in [0.2, 0.25) is 5.02 Å². The Balaban J connectivity index is 1.63. The van der Waals surface area contributed by atoms with Gasteiger partial charge in [0, 0.05) is 37.3 Å². The lowest BCUT2D eigenvalue weighted by Crippen LogP contribution is -2.53. The average molecular weight is 407 g/mol. The Morgan fingerprint density at radius 1 is 1.21 bits per heavy atom. The molecule has 1 N–H and O–H groups in total. The van der Waals surface area contributed by atoms with Gasteiger partial charge in [0.25, 0.3) is 5.69 Å². The maximum absolute atomic E-state index is 13.7. The van der Waals surface area contributed by atoms with E-state index in [0.717, 1.165) is 0 Å². The van der Waals surface area contributed by atoms with E-state index in [1.165, 1.54) is 18.2 Å². The Labute approximate surface area is 166 Å². The fourth-order valence-electron chi connectivity index (χ4n) is 3.23.